The number of aliphatic imine (C=N–C) groups is 1. The number of hydrogen-bond donors (Lipinski definition) is 2. The Morgan fingerprint density at radius 2 is 1.60 bits per heavy atom. The molecule has 0 unspecified atom stereocenters. The van der Waals surface area contributed by atoms with Crippen LogP contribution in [-0.2, 0) is 23.1 Å². The molecule has 2 N–H and O–H groups in total. The average molecular weight is 563 g/mol. The van der Waals surface area contributed by atoms with E-state index in [9.17, 15) is 8.42 Å². The Kier molecular flexibility index (Phi) is 9.86. The van der Waals surface area contributed by atoms with Crippen LogP contribution in [0.1, 0.15) is 30.9 Å². The van der Waals surface area contributed by atoms with E-state index in [1.165, 1.54) is 0 Å². The summed E-state index contributed by atoms with van der Waals surface area (Å²) >= 11 is 5.92. The van der Waals surface area contributed by atoms with E-state index >= 15 is 0 Å². The molecular formula is C21H28ClIN4O2S. The molecule has 0 amide bonds. The molecule has 1 saturated heterocycles. The fraction of sp³-hybridized carbons (Fsp3) is 0.381. The molecule has 1 aliphatic heterocycles. The van der Waals surface area contributed by atoms with Crippen molar-refractivity contribution >= 4 is 51.6 Å². The Morgan fingerprint density at radius 3 is 2.20 bits per heavy atom. The SMILES string of the molecule is CCNC(=NCc1ccc(Cl)cc1)NCc1ccc(S(=O)(=O)N2CCCC2)cc1.I. The first-order valence-electron chi connectivity index (χ1n) is 9.85. The Balaban J connectivity index is 0.00000320. The Morgan fingerprint density at radius 1 is 1.00 bits per heavy atom. The van der Waals surface area contributed by atoms with Crippen LogP contribution < -0.4 is 10.6 Å². The van der Waals surface area contributed by atoms with Gasteiger partial charge >= 0.3 is 0 Å². The summed E-state index contributed by atoms with van der Waals surface area (Å²) < 4.78 is 26.8. The monoisotopic (exact) mass is 562 g/mol. The van der Waals surface area contributed by atoms with Crippen LogP contribution in [0.2, 0.25) is 5.02 Å². The molecule has 0 saturated carbocycles. The van der Waals surface area contributed by atoms with Crippen molar-refractivity contribution in [3.05, 3.63) is 64.7 Å². The summed E-state index contributed by atoms with van der Waals surface area (Å²) in [6.45, 7) is 5.08. The van der Waals surface area contributed by atoms with Gasteiger partial charge in [-0.15, -0.1) is 24.0 Å². The topological polar surface area (TPSA) is 73.8 Å². The van der Waals surface area contributed by atoms with Crippen molar-refractivity contribution in [2.24, 2.45) is 4.99 Å². The maximum absolute atomic E-state index is 12.6. The first-order valence-corrected chi connectivity index (χ1v) is 11.7. The second-order valence-electron chi connectivity index (χ2n) is 6.93. The van der Waals surface area contributed by atoms with Gasteiger partial charge in [-0.25, -0.2) is 13.4 Å². The number of benzene rings is 2. The summed E-state index contributed by atoms with van der Waals surface area (Å²) in [7, 11) is -3.37. The zero-order valence-electron chi connectivity index (χ0n) is 17.0. The molecule has 1 aliphatic rings. The number of sulfonamides is 1. The zero-order valence-corrected chi connectivity index (χ0v) is 20.9. The van der Waals surface area contributed by atoms with E-state index in [0.717, 1.165) is 30.5 Å². The van der Waals surface area contributed by atoms with Crippen molar-refractivity contribution in [3.8, 4) is 0 Å². The lowest BCUT2D eigenvalue weighted by Crippen LogP contribution is -2.36. The Bertz CT molecular complexity index is 928. The third kappa shape index (κ3) is 6.83. The molecule has 30 heavy (non-hydrogen) atoms. The third-order valence-corrected chi connectivity index (χ3v) is 6.93. The molecule has 9 heteroatoms. The average Bonchev–Trinajstić information content (AvgIpc) is 3.27. The van der Waals surface area contributed by atoms with Gasteiger partial charge in [0.05, 0.1) is 11.4 Å². The molecule has 3 rings (SSSR count). The van der Waals surface area contributed by atoms with Crippen molar-refractivity contribution in [1.29, 1.82) is 0 Å². The van der Waals surface area contributed by atoms with Gasteiger partial charge in [0.15, 0.2) is 5.96 Å². The normalized spacial score (nSPS) is 14.9. The van der Waals surface area contributed by atoms with Gasteiger partial charge in [-0.3, -0.25) is 0 Å². The van der Waals surface area contributed by atoms with E-state index < -0.39 is 10.0 Å². The van der Waals surface area contributed by atoms with Crippen LogP contribution in [0.4, 0.5) is 0 Å². The molecule has 0 aliphatic carbocycles. The molecule has 2 aromatic carbocycles. The van der Waals surface area contributed by atoms with E-state index in [4.69, 9.17) is 11.6 Å². The highest BCUT2D eigenvalue weighted by atomic mass is 127. The van der Waals surface area contributed by atoms with E-state index in [1.807, 2.05) is 43.3 Å². The molecule has 0 bridgehead atoms. The van der Waals surface area contributed by atoms with Gasteiger partial charge in [0.2, 0.25) is 10.0 Å². The van der Waals surface area contributed by atoms with Crippen molar-refractivity contribution < 1.29 is 8.42 Å². The number of nitrogens with one attached hydrogen (secondary N) is 2. The number of halogens is 2. The highest BCUT2D eigenvalue weighted by molar-refractivity contribution is 14.0. The smallest absolute Gasteiger partial charge is 0.243 e. The first-order chi connectivity index (χ1) is 14.0. The quantitative estimate of drug-likeness (QED) is 0.304. The van der Waals surface area contributed by atoms with Crippen LogP contribution >= 0.6 is 35.6 Å². The van der Waals surface area contributed by atoms with Gasteiger partial charge in [0, 0.05) is 31.2 Å². The van der Waals surface area contributed by atoms with Crippen molar-refractivity contribution in [3.63, 3.8) is 0 Å². The Labute approximate surface area is 201 Å². The van der Waals surface area contributed by atoms with Gasteiger partial charge in [0.1, 0.15) is 0 Å². The minimum atomic E-state index is -3.37. The summed E-state index contributed by atoms with van der Waals surface area (Å²) in [4.78, 5) is 4.94. The molecule has 1 heterocycles. The molecule has 0 aromatic heterocycles. The molecule has 0 radical (unpaired) electrons. The highest BCUT2D eigenvalue weighted by Crippen LogP contribution is 2.21. The third-order valence-electron chi connectivity index (χ3n) is 4.76. The van der Waals surface area contributed by atoms with Gasteiger partial charge in [0.25, 0.3) is 0 Å². The molecule has 6 nitrogen and oxygen atoms in total. The Hall–Kier alpha value is -1.36. The summed E-state index contributed by atoms with van der Waals surface area (Å²) in [5.41, 5.74) is 2.06. The zero-order chi connectivity index (χ0) is 20.7. The lowest BCUT2D eigenvalue weighted by Gasteiger charge is -2.16. The van der Waals surface area contributed by atoms with Crippen molar-refractivity contribution in [2.75, 3.05) is 19.6 Å². The van der Waals surface area contributed by atoms with Gasteiger partial charge in [-0.05, 0) is 55.2 Å². The predicted octanol–water partition coefficient (Wildman–Crippen LogP) is 4.00. The van der Waals surface area contributed by atoms with Crippen molar-refractivity contribution in [2.45, 2.75) is 37.8 Å². The largest absolute Gasteiger partial charge is 0.357 e. The minimum Gasteiger partial charge on any atom is -0.357 e. The molecule has 1 fully saturated rings. The number of rotatable bonds is 7. The standard InChI is InChI=1S/C21H27ClN4O2S.HI/c1-2-23-21(24-15-17-5-9-19(22)10-6-17)25-16-18-7-11-20(12-8-18)29(27,28)26-13-3-4-14-26;/h5-12H,2-4,13-16H2,1H3,(H2,23,24,25);1H. The van der Waals surface area contributed by atoms with E-state index in [1.54, 1.807) is 16.4 Å². The second kappa shape index (κ2) is 11.9. The summed E-state index contributed by atoms with van der Waals surface area (Å²) in [6, 6.07) is 14.7. The molecule has 2 aromatic rings. The van der Waals surface area contributed by atoms with Crippen molar-refractivity contribution in [1.82, 2.24) is 14.9 Å². The van der Waals surface area contributed by atoms with E-state index in [2.05, 4.69) is 15.6 Å². The first kappa shape index (κ1) is 24.9. The van der Waals surface area contributed by atoms with Crippen LogP contribution in [0.25, 0.3) is 0 Å². The van der Waals surface area contributed by atoms with Crippen LogP contribution in [0.3, 0.4) is 0 Å². The van der Waals surface area contributed by atoms with Crippen LogP contribution in [-0.4, -0.2) is 38.3 Å². The fourth-order valence-corrected chi connectivity index (χ4v) is 4.79. The van der Waals surface area contributed by atoms with E-state index in [-0.39, 0.29) is 24.0 Å². The van der Waals surface area contributed by atoms with Crippen LogP contribution in [0, 0.1) is 0 Å². The molecule has 0 atom stereocenters. The van der Waals surface area contributed by atoms with Gasteiger partial charge in [-0.2, -0.15) is 4.31 Å². The van der Waals surface area contributed by atoms with Gasteiger partial charge < -0.3 is 10.6 Å². The maximum atomic E-state index is 12.6. The highest BCUT2D eigenvalue weighted by Gasteiger charge is 2.26. The summed E-state index contributed by atoms with van der Waals surface area (Å²) in [6.07, 6.45) is 1.87. The van der Waals surface area contributed by atoms with Gasteiger partial charge in [-0.1, -0.05) is 35.9 Å². The lowest BCUT2D eigenvalue weighted by atomic mass is 10.2. The maximum Gasteiger partial charge on any atom is 0.243 e. The number of hydrogen-bond acceptors (Lipinski definition) is 3. The van der Waals surface area contributed by atoms with E-state index in [0.29, 0.717) is 42.1 Å². The lowest BCUT2D eigenvalue weighted by molar-refractivity contribution is 0.477. The molecular weight excluding hydrogens is 535 g/mol. The molecule has 164 valence electrons. The minimum absolute atomic E-state index is 0. The number of nitrogens with zero attached hydrogens (tertiary/aromatic N) is 2. The second-order valence-corrected chi connectivity index (χ2v) is 9.30. The summed E-state index contributed by atoms with van der Waals surface area (Å²) in [5.74, 6) is 0.705. The molecule has 0 spiro atoms. The van der Waals surface area contributed by atoms with Crippen LogP contribution in [0.5, 0.6) is 0 Å². The number of guanidine groups is 1. The van der Waals surface area contributed by atoms with Crippen LogP contribution in [0.15, 0.2) is 58.4 Å². The summed E-state index contributed by atoms with van der Waals surface area (Å²) in [5, 5.41) is 7.21. The predicted molar refractivity (Wildman–Crippen MR) is 133 cm³/mol. The fourth-order valence-electron chi connectivity index (χ4n) is 3.14.